The summed E-state index contributed by atoms with van der Waals surface area (Å²) in [5.74, 6) is 0.473. The topological polar surface area (TPSA) is 37.8 Å². The highest BCUT2D eigenvalue weighted by Gasteiger charge is 2.19. The van der Waals surface area contributed by atoms with Crippen molar-refractivity contribution in [2.24, 2.45) is 0 Å². The molecule has 0 fully saturated rings. The fourth-order valence-electron chi connectivity index (χ4n) is 2.15. The SMILES string of the molecule is CC(C)c1ccc2c(c1)[nH]c(=O)n2C(C)(C)C. The van der Waals surface area contributed by atoms with E-state index in [9.17, 15) is 4.79 Å². The number of nitrogens with zero attached hydrogens (tertiary/aromatic N) is 1. The van der Waals surface area contributed by atoms with Crippen LogP contribution >= 0.6 is 0 Å². The molecule has 2 rings (SSSR count). The molecule has 0 bridgehead atoms. The number of nitrogens with one attached hydrogen (secondary N) is 1. The van der Waals surface area contributed by atoms with Gasteiger partial charge >= 0.3 is 5.69 Å². The third-order valence-electron chi connectivity index (χ3n) is 3.04. The number of aromatic amines is 1. The number of aromatic nitrogens is 2. The number of rotatable bonds is 1. The van der Waals surface area contributed by atoms with Crippen molar-refractivity contribution in [2.45, 2.75) is 46.1 Å². The van der Waals surface area contributed by atoms with E-state index in [2.05, 4.69) is 31.0 Å². The molecule has 2 aromatic rings. The summed E-state index contributed by atoms with van der Waals surface area (Å²) in [6.45, 7) is 10.4. The molecule has 0 aliphatic carbocycles. The fourth-order valence-corrected chi connectivity index (χ4v) is 2.15. The monoisotopic (exact) mass is 232 g/mol. The molecular weight excluding hydrogens is 212 g/mol. The molecule has 0 unspecified atom stereocenters. The first-order valence-corrected chi connectivity index (χ1v) is 6.06. The van der Waals surface area contributed by atoms with Gasteiger partial charge in [-0.2, -0.15) is 0 Å². The van der Waals surface area contributed by atoms with Gasteiger partial charge in [-0.15, -0.1) is 0 Å². The molecule has 1 aromatic heterocycles. The average Bonchev–Trinajstić information content (AvgIpc) is 2.51. The number of fused-ring (bicyclic) bond motifs is 1. The molecule has 1 N–H and O–H groups in total. The molecule has 0 aliphatic rings. The van der Waals surface area contributed by atoms with Crippen LogP contribution in [0.4, 0.5) is 0 Å². The summed E-state index contributed by atoms with van der Waals surface area (Å²) in [6, 6.07) is 6.21. The van der Waals surface area contributed by atoms with Crippen LogP contribution in [-0.4, -0.2) is 9.55 Å². The number of imidazole rings is 1. The minimum atomic E-state index is -0.200. The van der Waals surface area contributed by atoms with Gasteiger partial charge in [0.1, 0.15) is 0 Å². The number of hydrogen-bond acceptors (Lipinski definition) is 1. The Balaban J connectivity index is 2.74. The van der Waals surface area contributed by atoms with Gasteiger partial charge < -0.3 is 4.98 Å². The minimum Gasteiger partial charge on any atom is -0.306 e. The lowest BCUT2D eigenvalue weighted by Gasteiger charge is -2.20. The van der Waals surface area contributed by atoms with E-state index in [0.29, 0.717) is 5.92 Å². The van der Waals surface area contributed by atoms with E-state index in [0.717, 1.165) is 11.0 Å². The first kappa shape index (κ1) is 12.0. The smallest absolute Gasteiger partial charge is 0.306 e. The predicted molar refractivity (Wildman–Crippen MR) is 71.6 cm³/mol. The molecule has 0 saturated heterocycles. The number of H-pyrrole nitrogens is 1. The van der Waals surface area contributed by atoms with E-state index in [1.807, 2.05) is 31.4 Å². The van der Waals surface area contributed by atoms with Crippen molar-refractivity contribution in [3.8, 4) is 0 Å². The van der Waals surface area contributed by atoms with Gasteiger partial charge in [0, 0.05) is 5.54 Å². The standard InChI is InChI=1S/C14H20N2O/c1-9(2)10-6-7-12-11(8-10)15-13(17)16(12)14(3,4)5/h6-9H,1-5H3,(H,15,17). The van der Waals surface area contributed by atoms with E-state index in [-0.39, 0.29) is 11.2 Å². The first-order valence-electron chi connectivity index (χ1n) is 6.06. The van der Waals surface area contributed by atoms with Crippen LogP contribution in [0.1, 0.15) is 46.1 Å². The Hall–Kier alpha value is -1.51. The Kier molecular flexibility index (Phi) is 2.64. The summed E-state index contributed by atoms with van der Waals surface area (Å²) < 4.78 is 1.81. The Bertz CT molecular complexity index is 597. The Labute approximate surface area is 101 Å². The molecule has 0 saturated carbocycles. The fraction of sp³-hybridized carbons (Fsp3) is 0.500. The maximum absolute atomic E-state index is 12.0. The van der Waals surface area contributed by atoms with Crippen LogP contribution in [0.3, 0.4) is 0 Å². The highest BCUT2D eigenvalue weighted by molar-refractivity contribution is 5.76. The van der Waals surface area contributed by atoms with Crippen LogP contribution in [-0.2, 0) is 5.54 Å². The predicted octanol–water partition coefficient (Wildman–Crippen LogP) is 3.21. The van der Waals surface area contributed by atoms with Crippen molar-refractivity contribution in [3.05, 3.63) is 34.2 Å². The van der Waals surface area contributed by atoms with E-state index in [4.69, 9.17) is 0 Å². The zero-order chi connectivity index (χ0) is 12.8. The summed E-state index contributed by atoms with van der Waals surface area (Å²) in [5, 5.41) is 0. The van der Waals surface area contributed by atoms with Gasteiger partial charge in [0.15, 0.2) is 0 Å². The van der Waals surface area contributed by atoms with Gasteiger partial charge in [-0.05, 0) is 44.4 Å². The lowest BCUT2D eigenvalue weighted by molar-refractivity contribution is 0.397. The van der Waals surface area contributed by atoms with Crippen molar-refractivity contribution in [1.29, 1.82) is 0 Å². The lowest BCUT2D eigenvalue weighted by atomic mass is 10.0. The second-order valence-electron chi connectivity index (χ2n) is 5.87. The third kappa shape index (κ3) is 2.02. The Morgan fingerprint density at radius 2 is 1.88 bits per heavy atom. The normalized spacial score (nSPS) is 12.6. The molecule has 0 aliphatic heterocycles. The maximum atomic E-state index is 12.0. The molecule has 0 radical (unpaired) electrons. The molecular formula is C14H20N2O. The van der Waals surface area contributed by atoms with Crippen molar-refractivity contribution >= 4 is 11.0 Å². The van der Waals surface area contributed by atoms with Gasteiger partial charge in [0.05, 0.1) is 11.0 Å². The molecule has 3 heteroatoms. The summed E-state index contributed by atoms with van der Waals surface area (Å²) in [6.07, 6.45) is 0. The molecule has 17 heavy (non-hydrogen) atoms. The lowest BCUT2D eigenvalue weighted by Crippen LogP contribution is -2.31. The Morgan fingerprint density at radius 1 is 1.24 bits per heavy atom. The molecule has 0 atom stereocenters. The third-order valence-corrected chi connectivity index (χ3v) is 3.04. The summed E-state index contributed by atoms with van der Waals surface area (Å²) in [5.41, 5.74) is 2.92. The molecule has 0 amide bonds. The van der Waals surface area contributed by atoms with Crippen LogP contribution in [0.25, 0.3) is 11.0 Å². The molecule has 3 nitrogen and oxygen atoms in total. The molecule has 0 spiro atoms. The van der Waals surface area contributed by atoms with Gasteiger partial charge in [-0.1, -0.05) is 19.9 Å². The van der Waals surface area contributed by atoms with Crippen LogP contribution in [0.15, 0.2) is 23.0 Å². The van der Waals surface area contributed by atoms with Crippen molar-refractivity contribution in [2.75, 3.05) is 0 Å². The zero-order valence-corrected chi connectivity index (χ0v) is 11.2. The summed E-state index contributed by atoms with van der Waals surface area (Å²) >= 11 is 0. The van der Waals surface area contributed by atoms with E-state index >= 15 is 0 Å². The van der Waals surface area contributed by atoms with Gasteiger partial charge in [-0.3, -0.25) is 4.57 Å². The van der Waals surface area contributed by atoms with Crippen LogP contribution in [0, 0.1) is 0 Å². The van der Waals surface area contributed by atoms with E-state index in [1.54, 1.807) is 0 Å². The van der Waals surface area contributed by atoms with E-state index < -0.39 is 0 Å². The van der Waals surface area contributed by atoms with E-state index in [1.165, 1.54) is 5.56 Å². The highest BCUT2D eigenvalue weighted by atomic mass is 16.1. The Morgan fingerprint density at radius 3 is 2.41 bits per heavy atom. The molecule has 92 valence electrons. The molecule has 1 aromatic carbocycles. The largest absolute Gasteiger partial charge is 0.326 e. The second-order valence-corrected chi connectivity index (χ2v) is 5.87. The highest BCUT2D eigenvalue weighted by Crippen LogP contribution is 2.23. The quantitative estimate of drug-likeness (QED) is 0.805. The van der Waals surface area contributed by atoms with Gasteiger partial charge in [0.25, 0.3) is 0 Å². The van der Waals surface area contributed by atoms with Crippen molar-refractivity contribution in [3.63, 3.8) is 0 Å². The number of hydrogen-bond donors (Lipinski definition) is 1. The number of benzene rings is 1. The maximum Gasteiger partial charge on any atom is 0.326 e. The van der Waals surface area contributed by atoms with Gasteiger partial charge in [-0.25, -0.2) is 4.79 Å². The second kappa shape index (κ2) is 3.76. The molecule has 1 heterocycles. The van der Waals surface area contributed by atoms with Crippen LogP contribution in [0.2, 0.25) is 0 Å². The van der Waals surface area contributed by atoms with Crippen molar-refractivity contribution in [1.82, 2.24) is 9.55 Å². The van der Waals surface area contributed by atoms with Crippen LogP contribution < -0.4 is 5.69 Å². The summed E-state index contributed by atoms with van der Waals surface area (Å²) in [4.78, 5) is 14.9. The zero-order valence-electron chi connectivity index (χ0n) is 11.2. The average molecular weight is 232 g/mol. The van der Waals surface area contributed by atoms with Gasteiger partial charge in [0.2, 0.25) is 0 Å². The minimum absolute atomic E-state index is 0.0339. The van der Waals surface area contributed by atoms with Crippen LogP contribution in [0.5, 0.6) is 0 Å². The summed E-state index contributed by atoms with van der Waals surface area (Å²) in [7, 11) is 0. The van der Waals surface area contributed by atoms with Crippen molar-refractivity contribution < 1.29 is 0 Å². The first-order chi connectivity index (χ1) is 7.80.